The highest BCUT2D eigenvalue weighted by molar-refractivity contribution is 9.10. The molecule has 1 aromatic carbocycles. The Morgan fingerprint density at radius 1 is 1.05 bits per heavy atom. The van der Waals surface area contributed by atoms with Crippen molar-refractivity contribution < 1.29 is 9.21 Å². The molecule has 21 heavy (non-hydrogen) atoms. The highest BCUT2D eigenvalue weighted by Crippen LogP contribution is 2.19. The second-order valence-electron chi connectivity index (χ2n) is 4.84. The first-order valence-electron chi connectivity index (χ1n) is 6.83. The summed E-state index contributed by atoms with van der Waals surface area (Å²) < 4.78 is 5.89. The Balaban J connectivity index is 1.54. The zero-order chi connectivity index (χ0) is 14.7. The van der Waals surface area contributed by atoms with Crippen LogP contribution in [0.3, 0.4) is 0 Å². The number of nitrogens with zero attached hydrogens (tertiary/aromatic N) is 2. The van der Waals surface area contributed by atoms with Gasteiger partial charge in [0.15, 0.2) is 4.67 Å². The number of hydrogen-bond acceptors (Lipinski definition) is 3. The number of piperazine rings is 1. The van der Waals surface area contributed by atoms with Crippen LogP contribution in [0.5, 0.6) is 0 Å². The molecular weight excluding hydrogens is 334 g/mol. The zero-order valence-electron chi connectivity index (χ0n) is 11.5. The van der Waals surface area contributed by atoms with Gasteiger partial charge in [0.1, 0.15) is 0 Å². The van der Waals surface area contributed by atoms with E-state index in [-0.39, 0.29) is 6.03 Å². The van der Waals surface area contributed by atoms with Crippen LogP contribution in [0.15, 0.2) is 51.6 Å². The number of benzene rings is 1. The second kappa shape index (κ2) is 6.22. The van der Waals surface area contributed by atoms with Gasteiger partial charge in [0.25, 0.3) is 0 Å². The van der Waals surface area contributed by atoms with Crippen LogP contribution in [0.25, 0.3) is 0 Å². The number of hydrogen-bond donors (Lipinski definition) is 1. The summed E-state index contributed by atoms with van der Waals surface area (Å²) in [6, 6.07) is 13.6. The molecule has 0 bridgehead atoms. The quantitative estimate of drug-likeness (QED) is 0.903. The number of amides is 2. The molecule has 0 spiro atoms. The van der Waals surface area contributed by atoms with Crippen LogP contribution in [0.1, 0.15) is 0 Å². The normalized spacial score (nSPS) is 15.1. The summed E-state index contributed by atoms with van der Waals surface area (Å²) in [7, 11) is 0. The average Bonchev–Trinajstić information content (AvgIpc) is 2.93. The van der Waals surface area contributed by atoms with E-state index < -0.39 is 0 Å². The molecule has 1 aliphatic heterocycles. The first kappa shape index (κ1) is 14.0. The van der Waals surface area contributed by atoms with Gasteiger partial charge >= 0.3 is 6.03 Å². The summed E-state index contributed by atoms with van der Waals surface area (Å²) in [4.78, 5) is 16.2. The van der Waals surface area contributed by atoms with Crippen molar-refractivity contribution in [1.82, 2.24) is 4.90 Å². The summed E-state index contributed by atoms with van der Waals surface area (Å²) in [5, 5.41) is 2.76. The van der Waals surface area contributed by atoms with Gasteiger partial charge in [-0.2, -0.15) is 0 Å². The van der Waals surface area contributed by atoms with E-state index in [4.69, 9.17) is 4.42 Å². The topological polar surface area (TPSA) is 48.7 Å². The Morgan fingerprint density at radius 2 is 1.76 bits per heavy atom. The molecule has 1 fully saturated rings. The predicted molar refractivity (Wildman–Crippen MR) is 85.7 cm³/mol. The number of carbonyl (C=O) groups excluding carboxylic acids is 1. The van der Waals surface area contributed by atoms with Gasteiger partial charge in [0.05, 0.1) is 0 Å². The fraction of sp³-hybridized carbons (Fsp3) is 0.267. The van der Waals surface area contributed by atoms with Crippen molar-refractivity contribution >= 4 is 33.5 Å². The van der Waals surface area contributed by atoms with E-state index >= 15 is 0 Å². The molecule has 6 heteroatoms. The van der Waals surface area contributed by atoms with Crippen molar-refractivity contribution in [2.24, 2.45) is 0 Å². The Bertz CT molecular complexity index is 606. The zero-order valence-corrected chi connectivity index (χ0v) is 13.0. The summed E-state index contributed by atoms with van der Waals surface area (Å²) in [5.74, 6) is 0.456. The van der Waals surface area contributed by atoms with Crippen LogP contribution >= 0.6 is 15.9 Å². The van der Waals surface area contributed by atoms with Crippen LogP contribution in [-0.4, -0.2) is 37.1 Å². The van der Waals surface area contributed by atoms with E-state index in [1.165, 1.54) is 5.69 Å². The molecule has 0 unspecified atom stereocenters. The van der Waals surface area contributed by atoms with Crippen molar-refractivity contribution in [3.05, 3.63) is 47.1 Å². The van der Waals surface area contributed by atoms with Crippen molar-refractivity contribution in [3.63, 3.8) is 0 Å². The smallest absolute Gasteiger partial charge is 0.324 e. The predicted octanol–water partition coefficient (Wildman–Crippen LogP) is 3.40. The third-order valence-electron chi connectivity index (χ3n) is 3.49. The van der Waals surface area contributed by atoms with Gasteiger partial charge in [0, 0.05) is 37.9 Å². The number of nitrogens with one attached hydrogen (secondary N) is 1. The first-order chi connectivity index (χ1) is 10.2. The van der Waals surface area contributed by atoms with Gasteiger partial charge in [-0.3, -0.25) is 5.32 Å². The summed E-state index contributed by atoms with van der Waals surface area (Å²) in [6.45, 7) is 3.06. The summed E-state index contributed by atoms with van der Waals surface area (Å²) in [6.07, 6.45) is 0. The maximum atomic E-state index is 12.1. The van der Waals surface area contributed by atoms with Gasteiger partial charge in [-0.1, -0.05) is 18.2 Å². The number of anilines is 2. The third-order valence-corrected chi connectivity index (χ3v) is 3.92. The Morgan fingerprint density at radius 3 is 2.38 bits per heavy atom. The minimum Gasteiger partial charge on any atom is -0.434 e. The molecule has 2 aromatic rings. The number of urea groups is 1. The van der Waals surface area contributed by atoms with Crippen molar-refractivity contribution in [3.8, 4) is 0 Å². The lowest BCUT2D eigenvalue weighted by atomic mass is 10.2. The third kappa shape index (κ3) is 3.39. The second-order valence-corrected chi connectivity index (χ2v) is 5.63. The molecule has 0 aliphatic carbocycles. The molecule has 5 nitrogen and oxygen atoms in total. The molecule has 2 heterocycles. The number of rotatable bonds is 2. The van der Waals surface area contributed by atoms with Gasteiger partial charge in [-0.25, -0.2) is 4.79 Å². The van der Waals surface area contributed by atoms with E-state index in [1.807, 2.05) is 18.2 Å². The lowest BCUT2D eigenvalue weighted by Gasteiger charge is -2.35. The highest BCUT2D eigenvalue weighted by Gasteiger charge is 2.21. The first-order valence-corrected chi connectivity index (χ1v) is 7.63. The highest BCUT2D eigenvalue weighted by atomic mass is 79.9. The Labute approximate surface area is 131 Å². The van der Waals surface area contributed by atoms with E-state index in [0.717, 1.165) is 13.1 Å². The van der Waals surface area contributed by atoms with E-state index in [1.54, 1.807) is 17.0 Å². The maximum Gasteiger partial charge on any atom is 0.324 e. The van der Waals surface area contributed by atoms with Gasteiger partial charge < -0.3 is 14.2 Å². The molecule has 0 atom stereocenters. The summed E-state index contributed by atoms with van der Waals surface area (Å²) in [5.41, 5.74) is 1.20. The van der Waals surface area contributed by atoms with Crippen molar-refractivity contribution in [2.45, 2.75) is 0 Å². The number of halogens is 1. The molecule has 110 valence electrons. The fourth-order valence-electron chi connectivity index (χ4n) is 2.37. The molecule has 1 aromatic heterocycles. The molecule has 0 radical (unpaired) electrons. The molecular formula is C15H16BrN3O2. The monoisotopic (exact) mass is 349 g/mol. The average molecular weight is 350 g/mol. The Hall–Kier alpha value is -1.95. The maximum absolute atomic E-state index is 12.1. The molecule has 1 saturated heterocycles. The molecule has 1 aliphatic rings. The largest absolute Gasteiger partial charge is 0.434 e. The fourth-order valence-corrected chi connectivity index (χ4v) is 2.68. The standard InChI is InChI=1S/C15H16BrN3O2/c16-13-6-7-14(21-13)17-15(20)19-10-8-18(9-11-19)12-4-2-1-3-5-12/h1-7H,8-11H2,(H,17,20). The van der Waals surface area contributed by atoms with E-state index in [0.29, 0.717) is 23.6 Å². The lowest BCUT2D eigenvalue weighted by molar-refractivity contribution is 0.207. The van der Waals surface area contributed by atoms with Crippen molar-refractivity contribution in [1.29, 1.82) is 0 Å². The molecule has 2 amide bonds. The van der Waals surface area contributed by atoms with Crippen LogP contribution in [0.2, 0.25) is 0 Å². The minimum atomic E-state index is -0.121. The van der Waals surface area contributed by atoms with Crippen LogP contribution < -0.4 is 10.2 Å². The van der Waals surface area contributed by atoms with Crippen LogP contribution in [0.4, 0.5) is 16.4 Å². The van der Waals surface area contributed by atoms with E-state index in [2.05, 4.69) is 38.3 Å². The van der Waals surface area contributed by atoms with Gasteiger partial charge in [0.2, 0.25) is 5.88 Å². The van der Waals surface area contributed by atoms with Crippen LogP contribution in [-0.2, 0) is 0 Å². The molecule has 1 N–H and O–H groups in total. The van der Waals surface area contributed by atoms with E-state index in [9.17, 15) is 4.79 Å². The summed E-state index contributed by atoms with van der Waals surface area (Å²) >= 11 is 3.21. The number of carbonyl (C=O) groups is 1. The SMILES string of the molecule is O=C(Nc1ccc(Br)o1)N1CCN(c2ccccc2)CC1. The minimum absolute atomic E-state index is 0.121. The Kier molecular flexibility index (Phi) is 4.15. The van der Waals surface area contributed by atoms with Gasteiger partial charge in [-0.15, -0.1) is 0 Å². The number of furan rings is 1. The van der Waals surface area contributed by atoms with Gasteiger partial charge in [-0.05, 0) is 34.1 Å². The van der Waals surface area contributed by atoms with Crippen LogP contribution in [0, 0.1) is 0 Å². The molecule has 3 rings (SSSR count). The number of para-hydroxylation sites is 1. The van der Waals surface area contributed by atoms with Crippen molar-refractivity contribution in [2.75, 3.05) is 36.4 Å². The molecule has 0 saturated carbocycles. The lowest BCUT2D eigenvalue weighted by Crippen LogP contribution is -2.50.